The van der Waals surface area contributed by atoms with Gasteiger partial charge in [0.25, 0.3) is 5.91 Å². The monoisotopic (exact) mass is 539 g/mol. The lowest BCUT2D eigenvalue weighted by Crippen LogP contribution is -2.20. The number of para-hydroxylation sites is 2. The van der Waals surface area contributed by atoms with Crippen LogP contribution >= 0.6 is 23.4 Å². The van der Waals surface area contributed by atoms with Gasteiger partial charge in [-0.25, -0.2) is 5.43 Å². The number of carbonyl (C=O) groups is 1. The van der Waals surface area contributed by atoms with Gasteiger partial charge in [0.1, 0.15) is 11.5 Å². The Bertz CT molecular complexity index is 1540. The van der Waals surface area contributed by atoms with Gasteiger partial charge in [0, 0.05) is 16.3 Å². The van der Waals surface area contributed by atoms with E-state index in [-0.39, 0.29) is 11.7 Å². The maximum atomic E-state index is 12.5. The topological polar surface area (TPSA) is 81.4 Å². The molecule has 0 fully saturated rings. The summed E-state index contributed by atoms with van der Waals surface area (Å²) in [5.74, 6) is 1.93. The highest BCUT2D eigenvalue weighted by atomic mass is 35.5. The van der Waals surface area contributed by atoms with Crippen molar-refractivity contribution in [3.8, 4) is 28.6 Å². The summed E-state index contributed by atoms with van der Waals surface area (Å²) in [5, 5.41) is 14.1. The van der Waals surface area contributed by atoms with Crippen molar-refractivity contribution < 1.29 is 9.53 Å². The molecule has 188 valence electrons. The van der Waals surface area contributed by atoms with Crippen molar-refractivity contribution >= 4 is 35.5 Å². The molecule has 0 spiro atoms. The Hall–Kier alpha value is -4.40. The second-order valence-electron chi connectivity index (χ2n) is 8.05. The molecule has 0 saturated heterocycles. The molecule has 0 saturated carbocycles. The fourth-order valence-corrected chi connectivity index (χ4v) is 4.45. The Labute approximate surface area is 229 Å². The molecule has 0 unspecified atom stereocenters. The minimum atomic E-state index is -0.265. The molecule has 1 heterocycles. The van der Waals surface area contributed by atoms with Crippen molar-refractivity contribution in [2.75, 3.05) is 5.75 Å². The van der Waals surface area contributed by atoms with Crippen molar-refractivity contribution in [3.05, 3.63) is 120 Å². The van der Waals surface area contributed by atoms with Crippen LogP contribution in [0.25, 0.3) is 17.1 Å². The van der Waals surface area contributed by atoms with Gasteiger partial charge in [0.05, 0.1) is 12.0 Å². The van der Waals surface area contributed by atoms with Crippen LogP contribution in [-0.2, 0) is 4.79 Å². The van der Waals surface area contributed by atoms with Crippen LogP contribution in [0, 0.1) is 0 Å². The average molecular weight is 540 g/mol. The summed E-state index contributed by atoms with van der Waals surface area (Å²) < 4.78 is 7.77. The number of benzene rings is 4. The Morgan fingerprint density at radius 3 is 2.37 bits per heavy atom. The molecule has 1 amide bonds. The number of halogens is 1. The van der Waals surface area contributed by atoms with Crippen molar-refractivity contribution in [1.29, 1.82) is 0 Å². The van der Waals surface area contributed by atoms with E-state index in [0.29, 0.717) is 21.8 Å². The quantitative estimate of drug-likeness (QED) is 0.129. The van der Waals surface area contributed by atoms with Gasteiger partial charge >= 0.3 is 0 Å². The minimum Gasteiger partial charge on any atom is -0.457 e. The largest absolute Gasteiger partial charge is 0.457 e. The van der Waals surface area contributed by atoms with Gasteiger partial charge in [0.15, 0.2) is 11.0 Å². The van der Waals surface area contributed by atoms with Crippen LogP contribution in [0.4, 0.5) is 0 Å². The zero-order valence-electron chi connectivity index (χ0n) is 20.1. The van der Waals surface area contributed by atoms with Gasteiger partial charge in [0.2, 0.25) is 0 Å². The predicted octanol–water partition coefficient (Wildman–Crippen LogP) is 6.62. The second-order valence-corrected chi connectivity index (χ2v) is 9.43. The third kappa shape index (κ3) is 6.47. The third-order valence-electron chi connectivity index (χ3n) is 5.32. The van der Waals surface area contributed by atoms with Gasteiger partial charge in [-0.2, -0.15) is 5.10 Å². The molecule has 0 radical (unpaired) electrons. The number of aromatic nitrogens is 3. The van der Waals surface area contributed by atoms with Crippen LogP contribution < -0.4 is 10.2 Å². The Kier molecular flexibility index (Phi) is 8.13. The molecule has 0 bridgehead atoms. The molecule has 38 heavy (non-hydrogen) atoms. The molecule has 9 heteroatoms. The molecule has 1 N–H and O–H groups in total. The first-order chi connectivity index (χ1) is 18.7. The first kappa shape index (κ1) is 25.3. The van der Waals surface area contributed by atoms with Crippen molar-refractivity contribution in [2.45, 2.75) is 5.16 Å². The Balaban J connectivity index is 1.24. The first-order valence-electron chi connectivity index (χ1n) is 11.7. The molecule has 0 aliphatic rings. The van der Waals surface area contributed by atoms with Gasteiger partial charge in [-0.05, 0) is 66.2 Å². The van der Waals surface area contributed by atoms with E-state index in [0.717, 1.165) is 22.6 Å². The Morgan fingerprint density at radius 2 is 1.61 bits per heavy atom. The zero-order chi connectivity index (χ0) is 26.2. The van der Waals surface area contributed by atoms with Crippen LogP contribution in [-0.4, -0.2) is 32.6 Å². The molecule has 5 rings (SSSR count). The molecular formula is C29H22ClN5O2S. The lowest BCUT2D eigenvalue weighted by molar-refractivity contribution is -0.118. The summed E-state index contributed by atoms with van der Waals surface area (Å²) in [6.45, 7) is 0. The molecule has 7 nitrogen and oxygen atoms in total. The van der Waals surface area contributed by atoms with Crippen molar-refractivity contribution in [2.24, 2.45) is 5.10 Å². The summed E-state index contributed by atoms with van der Waals surface area (Å²) in [7, 11) is 0. The van der Waals surface area contributed by atoms with E-state index in [1.807, 2.05) is 114 Å². The first-order valence-corrected chi connectivity index (χ1v) is 13.1. The summed E-state index contributed by atoms with van der Waals surface area (Å²) in [6, 6.07) is 34.1. The van der Waals surface area contributed by atoms with E-state index in [1.54, 1.807) is 6.21 Å². The standard InChI is InChI=1S/C29H22ClN5O2S/c30-23-16-14-22(15-17-23)28-33-34-29(35(28)24-9-3-1-4-10-24)38-20-27(36)32-31-19-21-8-7-13-26(18-21)37-25-11-5-2-6-12-25/h1-19H,20H2,(H,32,36). The molecule has 0 aliphatic heterocycles. The molecule has 1 aromatic heterocycles. The van der Waals surface area contributed by atoms with Crippen LogP contribution in [0.2, 0.25) is 5.02 Å². The van der Waals surface area contributed by atoms with Gasteiger partial charge in [-0.15, -0.1) is 10.2 Å². The van der Waals surface area contributed by atoms with Crippen molar-refractivity contribution in [3.63, 3.8) is 0 Å². The lowest BCUT2D eigenvalue weighted by atomic mass is 10.2. The SMILES string of the molecule is O=C(CSc1nnc(-c2ccc(Cl)cc2)n1-c1ccccc1)NN=Cc1cccc(Oc2ccccc2)c1. The number of ether oxygens (including phenoxy) is 1. The summed E-state index contributed by atoms with van der Waals surface area (Å²) in [6.07, 6.45) is 1.57. The molecule has 0 aliphatic carbocycles. The summed E-state index contributed by atoms with van der Waals surface area (Å²) in [5.41, 5.74) is 5.12. The molecule has 0 atom stereocenters. The number of thioether (sulfide) groups is 1. The van der Waals surface area contributed by atoms with Crippen LogP contribution in [0.1, 0.15) is 5.56 Å². The smallest absolute Gasteiger partial charge is 0.250 e. The van der Waals surface area contributed by atoms with Gasteiger partial charge < -0.3 is 4.74 Å². The van der Waals surface area contributed by atoms with Crippen LogP contribution in [0.3, 0.4) is 0 Å². The van der Waals surface area contributed by atoms with E-state index >= 15 is 0 Å². The predicted molar refractivity (Wildman–Crippen MR) is 151 cm³/mol. The van der Waals surface area contributed by atoms with E-state index < -0.39 is 0 Å². The summed E-state index contributed by atoms with van der Waals surface area (Å²) >= 11 is 7.33. The summed E-state index contributed by atoms with van der Waals surface area (Å²) in [4.78, 5) is 12.5. The number of hydrogen-bond acceptors (Lipinski definition) is 6. The number of hydrazone groups is 1. The number of nitrogens with one attached hydrogen (secondary N) is 1. The highest BCUT2D eigenvalue weighted by Crippen LogP contribution is 2.28. The fourth-order valence-electron chi connectivity index (χ4n) is 3.58. The highest BCUT2D eigenvalue weighted by molar-refractivity contribution is 7.99. The number of rotatable bonds is 9. The molecular weight excluding hydrogens is 518 g/mol. The maximum absolute atomic E-state index is 12.5. The van der Waals surface area contributed by atoms with E-state index in [4.69, 9.17) is 16.3 Å². The normalized spacial score (nSPS) is 11.0. The number of carbonyl (C=O) groups excluding carboxylic acids is 1. The minimum absolute atomic E-state index is 0.111. The van der Waals surface area contributed by atoms with E-state index in [9.17, 15) is 4.79 Å². The average Bonchev–Trinajstić information content (AvgIpc) is 3.37. The molecule has 4 aromatic carbocycles. The molecule has 5 aromatic rings. The number of amides is 1. The van der Waals surface area contributed by atoms with E-state index in [2.05, 4.69) is 20.7 Å². The second kappa shape index (κ2) is 12.2. The maximum Gasteiger partial charge on any atom is 0.250 e. The number of hydrogen-bond donors (Lipinski definition) is 1. The highest BCUT2D eigenvalue weighted by Gasteiger charge is 2.17. The van der Waals surface area contributed by atoms with Gasteiger partial charge in [-0.3, -0.25) is 9.36 Å². The third-order valence-corrected chi connectivity index (χ3v) is 6.50. The zero-order valence-corrected chi connectivity index (χ0v) is 21.6. The Morgan fingerprint density at radius 1 is 0.895 bits per heavy atom. The fraction of sp³-hybridized carbons (Fsp3) is 0.0345. The number of nitrogens with zero attached hydrogens (tertiary/aromatic N) is 4. The van der Waals surface area contributed by atoms with E-state index in [1.165, 1.54) is 11.8 Å². The van der Waals surface area contributed by atoms with Crippen molar-refractivity contribution in [1.82, 2.24) is 20.2 Å². The van der Waals surface area contributed by atoms with Crippen LogP contribution in [0.5, 0.6) is 11.5 Å². The van der Waals surface area contributed by atoms with Gasteiger partial charge in [-0.1, -0.05) is 71.9 Å². The lowest BCUT2D eigenvalue weighted by Gasteiger charge is -2.10. The van der Waals surface area contributed by atoms with Crippen LogP contribution in [0.15, 0.2) is 119 Å².